The molecule has 0 bridgehead atoms. The Hall–Kier alpha value is -1.48. The van der Waals surface area contributed by atoms with Crippen molar-refractivity contribution in [3.63, 3.8) is 0 Å². The van der Waals surface area contributed by atoms with E-state index in [9.17, 15) is 0 Å². The molecule has 1 aromatic rings. The maximum absolute atomic E-state index is 8.02. The lowest BCUT2D eigenvalue weighted by atomic mass is 10.0. The number of rotatable bonds is 6. The minimum Gasteiger partial charge on any atom is -0.305 e. The van der Waals surface area contributed by atoms with Crippen molar-refractivity contribution in [2.24, 2.45) is 5.92 Å². The van der Waals surface area contributed by atoms with Crippen molar-refractivity contribution >= 4 is 23.0 Å². The molecule has 3 nitrogen and oxygen atoms in total. The van der Waals surface area contributed by atoms with Gasteiger partial charge in [0.1, 0.15) is 0 Å². The molecule has 0 spiro atoms. The molecule has 0 saturated heterocycles. The van der Waals surface area contributed by atoms with Gasteiger partial charge in [-0.2, -0.15) is 0 Å². The molecule has 0 unspecified atom stereocenters. The molecule has 0 fully saturated rings. The second kappa shape index (κ2) is 7.19. The minimum absolute atomic E-state index is 0.500. The highest BCUT2D eigenvalue weighted by Crippen LogP contribution is 2.14. The molecule has 0 atom stereocenters. The van der Waals surface area contributed by atoms with E-state index >= 15 is 0 Å². The fourth-order valence-corrected chi connectivity index (χ4v) is 1.71. The van der Waals surface area contributed by atoms with E-state index in [4.69, 9.17) is 17.0 Å². The van der Waals surface area contributed by atoms with Gasteiger partial charge in [0.05, 0.1) is 5.69 Å². The van der Waals surface area contributed by atoms with E-state index in [-0.39, 0.29) is 0 Å². The first-order valence-corrected chi connectivity index (χ1v) is 6.80. The average molecular weight is 280 g/mol. The molecule has 0 heterocycles. The zero-order valence-corrected chi connectivity index (χ0v) is 12.7. The number of halogens is 1. The highest BCUT2D eigenvalue weighted by molar-refractivity contribution is 6.30. The van der Waals surface area contributed by atoms with Crippen molar-refractivity contribution in [3.05, 3.63) is 40.6 Å². The molecule has 104 valence electrons. The Morgan fingerprint density at radius 2 is 1.79 bits per heavy atom. The second-order valence-electron chi connectivity index (χ2n) is 5.08. The highest BCUT2D eigenvalue weighted by atomic mass is 35.5. The fourth-order valence-electron chi connectivity index (χ4n) is 1.58. The molecule has 0 amide bonds. The SMILES string of the molecule is CC(NNc1ccc(Cl)cc1)=C(C)C(=N)CC(C)C. The molecule has 0 aliphatic carbocycles. The van der Waals surface area contributed by atoms with Gasteiger partial charge < -0.3 is 16.3 Å². The van der Waals surface area contributed by atoms with Crippen molar-refractivity contribution < 1.29 is 0 Å². The molecule has 1 rings (SSSR count). The van der Waals surface area contributed by atoms with Crippen molar-refractivity contribution in [3.8, 4) is 0 Å². The maximum Gasteiger partial charge on any atom is 0.0540 e. The van der Waals surface area contributed by atoms with Gasteiger partial charge in [0.15, 0.2) is 0 Å². The van der Waals surface area contributed by atoms with Crippen LogP contribution in [-0.2, 0) is 0 Å². The van der Waals surface area contributed by atoms with Crippen LogP contribution in [-0.4, -0.2) is 5.71 Å². The lowest BCUT2D eigenvalue weighted by Gasteiger charge is -2.15. The Kier molecular flexibility index (Phi) is 5.90. The average Bonchev–Trinajstić information content (AvgIpc) is 2.36. The maximum atomic E-state index is 8.02. The van der Waals surface area contributed by atoms with Crippen molar-refractivity contribution in [2.45, 2.75) is 34.1 Å². The summed E-state index contributed by atoms with van der Waals surface area (Å²) in [7, 11) is 0. The van der Waals surface area contributed by atoms with Crippen LogP contribution in [0.4, 0.5) is 5.69 Å². The molecule has 0 saturated carbocycles. The molecule has 19 heavy (non-hydrogen) atoms. The molecule has 3 N–H and O–H groups in total. The summed E-state index contributed by atoms with van der Waals surface area (Å²) < 4.78 is 0. The molecule has 0 aliphatic rings. The van der Waals surface area contributed by atoms with Crippen LogP contribution in [0.2, 0.25) is 5.02 Å². The molecular weight excluding hydrogens is 258 g/mol. The van der Waals surface area contributed by atoms with Gasteiger partial charge in [0, 0.05) is 16.4 Å². The first kappa shape index (κ1) is 15.6. The summed E-state index contributed by atoms with van der Waals surface area (Å²) in [6.07, 6.45) is 0.797. The van der Waals surface area contributed by atoms with E-state index < -0.39 is 0 Å². The van der Waals surface area contributed by atoms with Crippen molar-refractivity contribution in [1.29, 1.82) is 5.41 Å². The molecule has 4 heteroatoms. The third kappa shape index (κ3) is 5.35. The smallest absolute Gasteiger partial charge is 0.0540 e. The predicted octanol–water partition coefficient (Wildman–Crippen LogP) is 4.62. The van der Waals surface area contributed by atoms with Crippen LogP contribution >= 0.6 is 11.6 Å². The van der Waals surface area contributed by atoms with E-state index in [0.717, 1.165) is 23.4 Å². The first-order chi connectivity index (χ1) is 8.90. The molecular formula is C15H22ClN3. The quantitative estimate of drug-likeness (QED) is 0.526. The van der Waals surface area contributed by atoms with Gasteiger partial charge in [-0.3, -0.25) is 0 Å². The number of nitrogens with one attached hydrogen (secondary N) is 3. The number of hydrogen-bond acceptors (Lipinski definition) is 3. The van der Waals surface area contributed by atoms with Gasteiger partial charge in [-0.1, -0.05) is 25.4 Å². The van der Waals surface area contributed by atoms with Gasteiger partial charge in [0.25, 0.3) is 0 Å². The van der Waals surface area contributed by atoms with E-state index in [1.807, 2.05) is 38.1 Å². The zero-order chi connectivity index (χ0) is 14.4. The van der Waals surface area contributed by atoms with E-state index in [2.05, 4.69) is 24.7 Å². The second-order valence-corrected chi connectivity index (χ2v) is 5.52. The van der Waals surface area contributed by atoms with Crippen LogP contribution in [0.15, 0.2) is 35.5 Å². The van der Waals surface area contributed by atoms with E-state index in [1.54, 1.807) is 0 Å². The lowest BCUT2D eigenvalue weighted by Crippen LogP contribution is -2.22. The van der Waals surface area contributed by atoms with Gasteiger partial charge in [-0.05, 0) is 56.0 Å². The predicted molar refractivity (Wildman–Crippen MR) is 83.8 cm³/mol. The van der Waals surface area contributed by atoms with Gasteiger partial charge in [-0.15, -0.1) is 0 Å². The normalized spacial score (nSPS) is 12.1. The summed E-state index contributed by atoms with van der Waals surface area (Å²) in [5.41, 5.74) is 9.77. The topological polar surface area (TPSA) is 47.9 Å². The number of hydrazine groups is 1. The van der Waals surface area contributed by atoms with Crippen LogP contribution in [0.3, 0.4) is 0 Å². The monoisotopic (exact) mass is 279 g/mol. The number of allylic oxidation sites excluding steroid dienone is 2. The Morgan fingerprint density at radius 1 is 1.21 bits per heavy atom. The Bertz CT molecular complexity index is 461. The summed E-state index contributed by atoms with van der Waals surface area (Å²) in [4.78, 5) is 0. The molecule has 0 radical (unpaired) electrons. The summed E-state index contributed by atoms with van der Waals surface area (Å²) in [6.45, 7) is 8.18. The van der Waals surface area contributed by atoms with Crippen LogP contribution in [0.5, 0.6) is 0 Å². The third-order valence-electron chi connectivity index (χ3n) is 2.87. The van der Waals surface area contributed by atoms with Crippen molar-refractivity contribution in [2.75, 3.05) is 5.43 Å². The van der Waals surface area contributed by atoms with E-state index in [1.165, 1.54) is 0 Å². The van der Waals surface area contributed by atoms with Crippen LogP contribution in [0.25, 0.3) is 0 Å². The fraction of sp³-hybridized carbons (Fsp3) is 0.400. The Balaban J connectivity index is 2.60. The Morgan fingerprint density at radius 3 is 2.32 bits per heavy atom. The highest BCUT2D eigenvalue weighted by Gasteiger charge is 2.06. The molecule has 1 aromatic carbocycles. The summed E-state index contributed by atoms with van der Waals surface area (Å²) in [5.74, 6) is 0.500. The van der Waals surface area contributed by atoms with Crippen LogP contribution < -0.4 is 10.9 Å². The van der Waals surface area contributed by atoms with Crippen LogP contribution in [0.1, 0.15) is 34.1 Å². The van der Waals surface area contributed by atoms with E-state index in [0.29, 0.717) is 16.7 Å². The van der Waals surface area contributed by atoms with Gasteiger partial charge in [-0.25, -0.2) is 0 Å². The van der Waals surface area contributed by atoms with Gasteiger partial charge >= 0.3 is 0 Å². The summed E-state index contributed by atoms with van der Waals surface area (Å²) in [5, 5.41) is 8.74. The minimum atomic E-state index is 0.500. The number of hydrogen-bond donors (Lipinski definition) is 3. The third-order valence-corrected chi connectivity index (χ3v) is 3.12. The number of benzene rings is 1. The van der Waals surface area contributed by atoms with Gasteiger partial charge in [0.2, 0.25) is 0 Å². The largest absolute Gasteiger partial charge is 0.305 e. The zero-order valence-electron chi connectivity index (χ0n) is 12.0. The number of anilines is 1. The Labute approximate surface area is 120 Å². The first-order valence-electron chi connectivity index (χ1n) is 6.43. The molecule has 0 aliphatic heterocycles. The summed E-state index contributed by atoms with van der Waals surface area (Å²) >= 11 is 5.83. The van der Waals surface area contributed by atoms with Crippen molar-refractivity contribution in [1.82, 2.24) is 5.43 Å². The van der Waals surface area contributed by atoms with Crippen LogP contribution in [0, 0.1) is 11.3 Å². The molecule has 0 aromatic heterocycles. The summed E-state index contributed by atoms with van der Waals surface area (Å²) in [6, 6.07) is 7.46. The lowest BCUT2D eigenvalue weighted by molar-refractivity contribution is 0.681. The standard InChI is InChI=1S/C15H22ClN3/c1-10(2)9-15(17)11(3)12(4)18-19-14-7-5-13(16)6-8-14/h5-8,10,17-19H,9H2,1-4H3.